The number of aromatic nitrogens is 2. The van der Waals surface area contributed by atoms with E-state index in [9.17, 15) is 9.90 Å². The number of aliphatic hydroxyl groups is 1. The molecule has 2 rings (SSSR count). The number of ether oxygens (including phenoxy) is 1. The summed E-state index contributed by atoms with van der Waals surface area (Å²) in [6.45, 7) is 7.84. The Morgan fingerprint density at radius 1 is 1.36 bits per heavy atom. The maximum atomic E-state index is 12.6. The Morgan fingerprint density at radius 2 is 2.08 bits per heavy atom. The van der Waals surface area contributed by atoms with Crippen molar-refractivity contribution in [2.24, 2.45) is 5.92 Å². The Labute approximate surface area is 148 Å². The topological polar surface area (TPSA) is 76.4 Å². The van der Waals surface area contributed by atoms with E-state index in [1.807, 2.05) is 33.8 Å². The average molecular weight is 345 g/mol. The molecule has 0 fully saturated rings. The number of rotatable bonds is 7. The minimum absolute atomic E-state index is 0.0821. The van der Waals surface area contributed by atoms with Crippen molar-refractivity contribution < 1.29 is 14.6 Å². The third-order valence-corrected chi connectivity index (χ3v) is 4.52. The Kier molecular flexibility index (Phi) is 6.20. The first-order valence-electron chi connectivity index (χ1n) is 8.54. The van der Waals surface area contributed by atoms with E-state index in [0.29, 0.717) is 17.0 Å². The molecule has 0 radical (unpaired) electrons. The molecule has 0 aliphatic rings. The van der Waals surface area contributed by atoms with Crippen molar-refractivity contribution in [2.45, 2.75) is 40.2 Å². The zero-order chi connectivity index (χ0) is 18.6. The third-order valence-electron chi connectivity index (χ3n) is 4.52. The SMILES string of the molecule is CC[C@H](C)[C@H](CO)NC(=O)c1ccc(OC)c(-n2nc(C)cc2C)c1. The summed E-state index contributed by atoms with van der Waals surface area (Å²) in [6.07, 6.45) is 0.880. The van der Waals surface area contributed by atoms with Gasteiger partial charge in [0.1, 0.15) is 11.4 Å². The van der Waals surface area contributed by atoms with E-state index < -0.39 is 0 Å². The largest absolute Gasteiger partial charge is 0.494 e. The molecule has 6 nitrogen and oxygen atoms in total. The Morgan fingerprint density at radius 3 is 2.60 bits per heavy atom. The van der Waals surface area contributed by atoms with Gasteiger partial charge in [0.25, 0.3) is 5.91 Å². The van der Waals surface area contributed by atoms with E-state index in [2.05, 4.69) is 10.4 Å². The highest BCUT2D eigenvalue weighted by molar-refractivity contribution is 5.95. The second-order valence-electron chi connectivity index (χ2n) is 6.37. The number of aryl methyl sites for hydroxylation is 2. The minimum Gasteiger partial charge on any atom is -0.494 e. The summed E-state index contributed by atoms with van der Waals surface area (Å²) in [5.41, 5.74) is 3.07. The van der Waals surface area contributed by atoms with E-state index in [-0.39, 0.29) is 24.5 Å². The number of nitrogens with zero attached hydrogens (tertiary/aromatic N) is 2. The van der Waals surface area contributed by atoms with Crippen LogP contribution in [0.3, 0.4) is 0 Å². The second-order valence-corrected chi connectivity index (χ2v) is 6.37. The maximum Gasteiger partial charge on any atom is 0.251 e. The normalized spacial score (nSPS) is 13.4. The van der Waals surface area contributed by atoms with Gasteiger partial charge in [0, 0.05) is 11.3 Å². The molecule has 25 heavy (non-hydrogen) atoms. The fraction of sp³-hybridized carbons (Fsp3) is 0.474. The lowest BCUT2D eigenvalue weighted by atomic mass is 9.99. The van der Waals surface area contributed by atoms with E-state index in [0.717, 1.165) is 17.8 Å². The first kappa shape index (κ1) is 19.0. The van der Waals surface area contributed by atoms with Crippen molar-refractivity contribution in [1.29, 1.82) is 0 Å². The number of carbonyl (C=O) groups excluding carboxylic acids is 1. The number of carbonyl (C=O) groups is 1. The van der Waals surface area contributed by atoms with Crippen molar-refractivity contribution in [3.8, 4) is 11.4 Å². The molecule has 1 heterocycles. The number of nitrogens with one attached hydrogen (secondary N) is 1. The predicted octanol–water partition coefficient (Wildman–Crippen LogP) is 2.63. The highest BCUT2D eigenvalue weighted by Crippen LogP contribution is 2.25. The van der Waals surface area contributed by atoms with Gasteiger partial charge in [0.05, 0.1) is 25.5 Å². The summed E-state index contributed by atoms with van der Waals surface area (Å²) in [7, 11) is 1.59. The monoisotopic (exact) mass is 345 g/mol. The van der Waals surface area contributed by atoms with Gasteiger partial charge in [-0.25, -0.2) is 4.68 Å². The molecule has 0 saturated heterocycles. The van der Waals surface area contributed by atoms with Gasteiger partial charge in [-0.05, 0) is 44.0 Å². The van der Waals surface area contributed by atoms with Crippen LogP contribution in [0.1, 0.15) is 42.0 Å². The minimum atomic E-state index is -0.267. The predicted molar refractivity (Wildman–Crippen MR) is 97.4 cm³/mol. The zero-order valence-electron chi connectivity index (χ0n) is 15.5. The van der Waals surface area contributed by atoms with Crippen LogP contribution < -0.4 is 10.1 Å². The van der Waals surface area contributed by atoms with Crippen LogP contribution in [0.5, 0.6) is 5.75 Å². The van der Waals surface area contributed by atoms with Gasteiger partial charge >= 0.3 is 0 Å². The number of aliphatic hydroxyl groups excluding tert-OH is 1. The standard InChI is InChI=1S/C19H27N3O3/c1-6-12(2)16(11-23)20-19(24)15-7-8-18(25-5)17(10-15)22-14(4)9-13(3)21-22/h7-10,12,16,23H,6,11H2,1-5H3,(H,20,24)/t12-,16-/m0/s1. The van der Waals surface area contributed by atoms with Crippen LogP contribution in [0, 0.1) is 19.8 Å². The molecule has 0 unspecified atom stereocenters. The van der Waals surface area contributed by atoms with E-state index in [4.69, 9.17) is 4.74 Å². The van der Waals surface area contributed by atoms with Crippen LogP contribution in [-0.2, 0) is 0 Å². The smallest absolute Gasteiger partial charge is 0.251 e. The molecule has 2 N–H and O–H groups in total. The molecule has 0 bridgehead atoms. The number of amides is 1. The van der Waals surface area contributed by atoms with Gasteiger partial charge < -0.3 is 15.2 Å². The van der Waals surface area contributed by atoms with Gasteiger partial charge in [-0.2, -0.15) is 5.10 Å². The summed E-state index contributed by atoms with van der Waals surface area (Å²) in [4.78, 5) is 12.6. The molecule has 0 aliphatic carbocycles. The Hall–Kier alpha value is -2.34. The molecule has 1 amide bonds. The quantitative estimate of drug-likeness (QED) is 0.809. The van der Waals surface area contributed by atoms with E-state index in [1.54, 1.807) is 30.0 Å². The highest BCUT2D eigenvalue weighted by Gasteiger charge is 2.20. The molecule has 2 atom stereocenters. The van der Waals surface area contributed by atoms with Crippen LogP contribution in [-0.4, -0.2) is 40.6 Å². The van der Waals surface area contributed by atoms with Gasteiger partial charge in [0.2, 0.25) is 0 Å². The molecule has 0 spiro atoms. The van der Waals surface area contributed by atoms with Crippen molar-refractivity contribution >= 4 is 5.91 Å². The fourth-order valence-electron chi connectivity index (χ4n) is 2.77. The van der Waals surface area contributed by atoms with Crippen LogP contribution in [0.15, 0.2) is 24.3 Å². The number of benzene rings is 1. The van der Waals surface area contributed by atoms with E-state index in [1.165, 1.54) is 0 Å². The summed E-state index contributed by atoms with van der Waals surface area (Å²) in [5, 5.41) is 16.9. The van der Waals surface area contributed by atoms with Crippen molar-refractivity contribution in [3.63, 3.8) is 0 Å². The molecule has 2 aromatic rings. The van der Waals surface area contributed by atoms with Crippen LogP contribution in [0.4, 0.5) is 0 Å². The van der Waals surface area contributed by atoms with Gasteiger partial charge in [-0.3, -0.25) is 4.79 Å². The van der Waals surface area contributed by atoms with Crippen molar-refractivity contribution in [2.75, 3.05) is 13.7 Å². The lowest BCUT2D eigenvalue weighted by molar-refractivity contribution is 0.0891. The molecule has 6 heteroatoms. The van der Waals surface area contributed by atoms with Crippen molar-refractivity contribution in [1.82, 2.24) is 15.1 Å². The molecule has 0 saturated carbocycles. The molecule has 1 aromatic heterocycles. The lowest BCUT2D eigenvalue weighted by Gasteiger charge is -2.22. The van der Waals surface area contributed by atoms with Crippen LogP contribution in [0.2, 0.25) is 0 Å². The first-order valence-corrected chi connectivity index (χ1v) is 8.54. The Balaban J connectivity index is 2.35. The summed E-state index contributed by atoms with van der Waals surface area (Å²) < 4.78 is 7.19. The first-order chi connectivity index (χ1) is 11.9. The number of hydrogen-bond acceptors (Lipinski definition) is 4. The van der Waals surface area contributed by atoms with Gasteiger partial charge in [-0.1, -0.05) is 20.3 Å². The van der Waals surface area contributed by atoms with Crippen molar-refractivity contribution in [3.05, 3.63) is 41.2 Å². The zero-order valence-corrected chi connectivity index (χ0v) is 15.5. The third kappa shape index (κ3) is 4.20. The van der Waals surface area contributed by atoms with Crippen LogP contribution in [0.25, 0.3) is 5.69 Å². The fourth-order valence-corrected chi connectivity index (χ4v) is 2.77. The van der Waals surface area contributed by atoms with E-state index >= 15 is 0 Å². The lowest BCUT2D eigenvalue weighted by Crippen LogP contribution is -2.41. The summed E-state index contributed by atoms with van der Waals surface area (Å²) in [6, 6.07) is 6.94. The van der Waals surface area contributed by atoms with Gasteiger partial charge in [0.15, 0.2) is 0 Å². The molecular formula is C19H27N3O3. The average Bonchev–Trinajstić information content (AvgIpc) is 2.96. The second kappa shape index (κ2) is 8.16. The summed E-state index contributed by atoms with van der Waals surface area (Å²) >= 11 is 0. The molecule has 1 aromatic carbocycles. The maximum absolute atomic E-state index is 12.6. The summed E-state index contributed by atoms with van der Waals surface area (Å²) in [5.74, 6) is 0.621. The highest BCUT2D eigenvalue weighted by atomic mass is 16.5. The Bertz CT molecular complexity index is 740. The van der Waals surface area contributed by atoms with Gasteiger partial charge in [-0.15, -0.1) is 0 Å². The number of hydrogen-bond donors (Lipinski definition) is 2. The molecule has 136 valence electrons. The molecule has 0 aliphatic heterocycles. The number of methoxy groups -OCH3 is 1. The van der Waals surface area contributed by atoms with Crippen LogP contribution >= 0.6 is 0 Å². The molecular weight excluding hydrogens is 318 g/mol.